The van der Waals surface area contributed by atoms with Crippen LogP contribution in [0.1, 0.15) is 74.3 Å². The highest BCUT2D eigenvalue weighted by molar-refractivity contribution is 7.86. The molecule has 4 aromatic rings. The first kappa shape index (κ1) is 37.6. The van der Waals surface area contributed by atoms with Gasteiger partial charge in [0.25, 0.3) is 11.8 Å². The second-order valence-electron chi connectivity index (χ2n) is 12.9. The van der Waals surface area contributed by atoms with E-state index in [-0.39, 0.29) is 23.8 Å². The summed E-state index contributed by atoms with van der Waals surface area (Å²) in [6.45, 7) is 7.48. The summed E-state index contributed by atoms with van der Waals surface area (Å²) in [5, 5.41) is 9.49. The fraction of sp³-hybridized carbons (Fsp3) is 0.378. The molecule has 10 nitrogen and oxygen atoms in total. The Bertz CT molecular complexity index is 1840. The van der Waals surface area contributed by atoms with E-state index in [1.165, 1.54) is 11.3 Å². The summed E-state index contributed by atoms with van der Waals surface area (Å²) in [6, 6.07) is 20.6. The van der Waals surface area contributed by atoms with Crippen LogP contribution in [0.5, 0.6) is 5.75 Å². The zero-order valence-corrected chi connectivity index (χ0v) is 31.0. The van der Waals surface area contributed by atoms with Gasteiger partial charge in [0.05, 0.1) is 12.8 Å². The predicted molar refractivity (Wildman–Crippen MR) is 197 cm³/mol. The zero-order valence-electron chi connectivity index (χ0n) is 29.3. The van der Waals surface area contributed by atoms with Crippen LogP contribution in [0.2, 0.25) is 0 Å². The molecule has 3 aromatic carbocycles. The van der Waals surface area contributed by atoms with Gasteiger partial charge >= 0.3 is 10.1 Å². The van der Waals surface area contributed by atoms with Gasteiger partial charge in [0.1, 0.15) is 10.8 Å². The largest absolute Gasteiger partial charge is 0.383 e. The molecule has 0 aliphatic carbocycles. The van der Waals surface area contributed by atoms with Crippen LogP contribution in [-0.4, -0.2) is 70.1 Å². The van der Waals surface area contributed by atoms with E-state index in [0.717, 1.165) is 39.3 Å². The number of hydrogen-bond donors (Lipinski definition) is 2. The number of aromatic nitrogens is 1. The SMILES string of the molecule is Cc1csc(CN(C)C(=O)c2cc(C(=O)N[C@H](CCNCc3cc(OS(C)(=O)=O)cc(C(C)C)c3)Cc3ccccc3)cc(N(C)C)c2)n1. The first-order valence-electron chi connectivity index (χ1n) is 16.2. The first-order chi connectivity index (χ1) is 23.2. The highest BCUT2D eigenvalue weighted by Gasteiger charge is 2.20. The summed E-state index contributed by atoms with van der Waals surface area (Å²) in [5.41, 5.74) is 5.48. The molecule has 4 rings (SSSR count). The molecule has 2 N–H and O–H groups in total. The molecular formula is C37H47N5O5S2. The first-order valence-corrected chi connectivity index (χ1v) is 18.9. The monoisotopic (exact) mass is 705 g/mol. The second kappa shape index (κ2) is 16.9. The lowest BCUT2D eigenvalue weighted by Crippen LogP contribution is -2.38. The van der Waals surface area contributed by atoms with Gasteiger partial charge in [-0.1, -0.05) is 50.2 Å². The summed E-state index contributed by atoms with van der Waals surface area (Å²) < 4.78 is 28.7. The summed E-state index contributed by atoms with van der Waals surface area (Å²) in [7, 11) is 1.84. The van der Waals surface area contributed by atoms with Crippen molar-refractivity contribution in [2.24, 2.45) is 0 Å². The van der Waals surface area contributed by atoms with Gasteiger partial charge in [0, 0.05) is 61.6 Å². The van der Waals surface area contributed by atoms with Gasteiger partial charge in [0.2, 0.25) is 0 Å². The van der Waals surface area contributed by atoms with Crippen LogP contribution in [0.3, 0.4) is 0 Å². The number of carbonyl (C=O) groups excluding carboxylic acids is 2. The molecule has 0 spiro atoms. The van der Waals surface area contributed by atoms with Crippen molar-refractivity contribution >= 4 is 39.0 Å². The van der Waals surface area contributed by atoms with Gasteiger partial charge in [-0.05, 0) is 79.3 Å². The highest BCUT2D eigenvalue weighted by Crippen LogP contribution is 2.25. The number of rotatable bonds is 16. The standard InChI is InChI=1S/C37H47N5O5S2/c1-25(2)29-15-28(17-34(21-29)47-49(7,45)46)22-38-14-13-32(16-27-11-9-8-10-12-27)40-36(43)30-18-31(20-33(19-30)41(4)5)37(44)42(6)23-35-39-26(3)24-48-35/h8-12,15,17-21,24-25,32,38H,13-14,16,22-23H2,1-7H3,(H,40,43)/t32-/m1/s1. The maximum Gasteiger partial charge on any atom is 0.306 e. The molecule has 0 fully saturated rings. The molecule has 12 heteroatoms. The summed E-state index contributed by atoms with van der Waals surface area (Å²) in [6.07, 6.45) is 2.29. The second-order valence-corrected chi connectivity index (χ2v) is 15.4. The molecule has 1 heterocycles. The number of anilines is 1. The van der Waals surface area contributed by atoms with E-state index in [1.54, 1.807) is 42.3 Å². The molecule has 1 aromatic heterocycles. The Morgan fingerprint density at radius 3 is 2.31 bits per heavy atom. The van der Waals surface area contributed by atoms with Gasteiger partial charge in [-0.25, -0.2) is 4.98 Å². The molecular weight excluding hydrogens is 659 g/mol. The van der Waals surface area contributed by atoms with Crippen LogP contribution in [0, 0.1) is 6.92 Å². The third-order valence-corrected chi connectivity index (χ3v) is 9.34. The van der Waals surface area contributed by atoms with Crippen molar-refractivity contribution in [3.05, 3.63) is 111 Å². The van der Waals surface area contributed by atoms with E-state index >= 15 is 0 Å². The van der Waals surface area contributed by atoms with Gasteiger partial charge in [0.15, 0.2) is 0 Å². The van der Waals surface area contributed by atoms with Gasteiger partial charge in [-0.15, -0.1) is 11.3 Å². The Balaban J connectivity index is 1.49. The smallest absolute Gasteiger partial charge is 0.306 e. The topological polar surface area (TPSA) is 121 Å². The summed E-state index contributed by atoms with van der Waals surface area (Å²) >= 11 is 1.51. The number of nitrogens with zero attached hydrogens (tertiary/aromatic N) is 3. The van der Waals surface area contributed by atoms with E-state index in [1.807, 2.05) is 81.5 Å². The maximum absolute atomic E-state index is 13.8. The van der Waals surface area contributed by atoms with Crippen molar-refractivity contribution in [1.82, 2.24) is 20.5 Å². The van der Waals surface area contributed by atoms with Gasteiger partial charge in [-0.2, -0.15) is 8.42 Å². The summed E-state index contributed by atoms with van der Waals surface area (Å²) in [4.78, 5) is 35.3. The molecule has 49 heavy (non-hydrogen) atoms. The van der Waals surface area contributed by atoms with E-state index in [0.29, 0.717) is 49.4 Å². The van der Waals surface area contributed by atoms with Gasteiger partial charge < -0.3 is 24.6 Å². The van der Waals surface area contributed by atoms with Gasteiger partial charge in [-0.3, -0.25) is 9.59 Å². The Kier molecular flexibility index (Phi) is 13.0. The summed E-state index contributed by atoms with van der Waals surface area (Å²) in [5.74, 6) is 0.0326. The maximum atomic E-state index is 13.8. The Hall–Kier alpha value is -4.26. The zero-order chi connectivity index (χ0) is 35.7. The van der Waals surface area contributed by atoms with Crippen molar-refractivity contribution in [3.63, 3.8) is 0 Å². The molecule has 0 saturated carbocycles. The van der Waals surface area contributed by atoms with Crippen LogP contribution in [0.4, 0.5) is 5.69 Å². The fourth-order valence-corrected chi connectivity index (χ4v) is 6.61. The van der Waals surface area contributed by atoms with Crippen molar-refractivity contribution in [1.29, 1.82) is 0 Å². The Morgan fingerprint density at radius 1 is 0.959 bits per heavy atom. The van der Waals surface area contributed by atoms with E-state index in [4.69, 9.17) is 4.18 Å². The highest BCUT2D eigenvalue weighted by atomic mass is 32.2. The average molecular weight is 706 g/mol. The number of thiazole rings is 1. The molecule has 0 bridgehead atoms. The third-order valence-electron chi connectivity index (χ3n) is 7.89. The van der Waals surface area contributed by atoms with Crippen LogP contribution in [-0.2, 0) is 29.6 Å². The number of amides is 2. The Morgan fingerprint density at radius 2 is 1.67 bits per heavy atom. The fourth-order valence-electron chi connectivity index (χ4n) is 5.34. The minimum Gasteiger partial charge on any atom is -0.383 e. The lowest BCUT2D eigenvalue weighted by molar-refractivity contribution is 0.0785. The lowest BCUT2D eigenvalue weighted by Gasteiger charge is -2.22. The van der Waals surface area contributed by atoms with E-state index in [9.17, 15) is 18.0 Å². The average Bonchev–Trinajstić information content (AvgIpc) is 3.45. The number of aryl methyl sites for hydroxylation is 1. The quantitative estimate of drug-likeness (QED) is 0.111. The molecule has 262 valence electrons. The van der Waals surface area contributed by atoms with Crippen LogP contribution < -0.4 is 19.7 Å². The number of hydrogen-bond acceptors (Lipinski definition) is 9. The molecule has 0 saturated heterocycles. The lowest BCUT2D eigenvalue weighted by atomic mass is 10.00. The molecule has 0 radical (unpaired) electrons. The van der Waals surface area contributed by atoms with Crippen LogP contribution >= 0.6 is 11.3 Å². The Labute approximate surface area is 294 Å². The minimum absolute atomic E-state index is 0.191. The number of carbonyl (C=O) groups is 2. The predicted octanol–water partition coefficient (Wildman–Crippen LogP) is 5.77. The van der Waals surface area contributed by atoms with E-state index in [2.05, 4.69) is 15.6 Å². The van der Waals surface area contributed by atoms with Crippen LogP contribution in [0.15, 0.2) is 72.1 Å². The van der Waals surface area contributed by atoms with Crippen molar-refractivity contribution in [2.75, 3.05) is 38.8 Å². The number of benzene rings is 3. The molecule has 1 atom stereocenters. The third kappa shape index (κ3) is 11.7. The number of nitrogens with one attached hydrogen (secondary N) is 2. The van der Waals surface area contributed by atoms with Crippen molar-refractivity contribution < 1.29 is 22.2 Å². The molecule has 0 unspecified atom stereocenters. The molecule has 0 aliphatic rings. The molecule has 0 aliphatic heterocycles. The van der Waals surface area contributed by atoms with Crippen LogP contribution in [0.25, 0.3) is 0 Å². The minimum atomic E-state index is -3.66. The van der Waals surface area contributed by atoms with E-state index < -0.39 is 10.1 Å². The van der Waals surface area contributed by atoms with Crippen molar-refractivity contribution in [2.45, 2.75) is 58.7 Å². The van der Waals surface area contributed by atoms with Crippen molar-refractivity contribution in [3.8, 4) is 5.75 Å². The normalized spacial score (nSPS) is 12.1. The molecule has 2 amide bonds.